The standard InChI is InChI=1S/C17H23N5/c1-2-14(10-19-6-1)16-15(11-20-21-16)12-22-9-5-17(13-22)3-7-18-8-4-17/h1-2,6,10-11,18H,3-5,7-9,12-13H2,(H,20,21). The lowest BCUT2D eigenvalue weighted by Gasteiger charge is -2.33. The van der Waals surface area contributed by atoms with Gasteiger partial charge in [0.05, 0.1) is 11.9 Å². The monoisotopic (exact) mass is 297 g/mol. The van der Waals surface area contributed by atoms with E-state index in [2.05, 4.69) is 31.5 Å². The topological polar surface area (TPSA) is 56.8 Å². The van der Waals surface area contributed by atoms with Crippen LogP contribution in [0.5, 0.6) is 0 Å². The van der Waals surface area contributed by atoms with Crippen LogP contribution in [0.2, 0.25) is 0 Å². The number of pyridine rings is 1. The van der Waals surface area contributed by atoms with Crippen LogP contribution in [0.25, 0.3) is 11.3 Å². The third-order valence-corrected chi connectivity index (χ3v) is 5.24. The number of likely N-dealkylation sites (tertiary alicyclic amines) is 1. The zero-order valence-corrected chi connectivity index (χ0v) is 12.9. The molecule has 5 nitrogen and oxygen atoms in total. The first kappa shape index (κ1) is 13.9. The predicted molar refractivity (Wildman–Crippen MR) is 86.2 cm³/mol. The average molecular weight is 297 g/mol. The van der Waals surface area contributed by atoms with Crippen LogP contribution < -0.4 is 5.32 Å². The quantitative estimate of drug-likeness (QED) is 0.910. The summed E-state index contributed by atoms with van der Waals surface area (Å²) in [6, 6.07) is 4.06. The van der Waals surface area contributed by atoms with Crippen molar-refractivity contribution in [1.82, 2.24) is 25.4 Å². The highest BCUT2D eigenvalue weighted by Gasteiger charge is 2.38. The van der Waals surface area contributed by atoms with Gasteiger partial charge in [-0.2, -0.15) is 5.10 Å². The molecule has 0 aliphatic carbocycles. The van der Waals surface area contributed by atoms with Crippen molar-refractivity contribution in [2.75, 3.05) is 26.2 Å². The van der Waals surface area contributed by atoms with Gasteiger partial charge in [0.25, 0.3) is 0 Å². The number of aromatic amines is 1. The Morgan fingerprint density at radius 3 is 2.91 bits per heavy atom. The van der Waals surface area contributed by atoms with E-state index in [4.69, 9.17) is 0 Å². The Kier molecular flexibility index (Phi) is 3.68. The van der Waals surface area contributed by atoms with Crippen LogP contribution >= 0.6 is 0 Å². The molecule has 0 saturated carbocycles. The fourth-order valence-corrected chi connectivity index (χ4v) is 3.96. The van der Waals surface area contributed by atoms with Crippen molar-refractivity contribution >= 4 is 0 Å². The molecule has 116 valence electrons. The minimum absolute atomic E-state index is 0.559. The molecule has 2 aromatic heterocycles. The molecule has 0 atom stereocenters. The third kappa shape index (κ3) is 2.66. The molecule has 0 radical (unpaired) electrons. The lowest BCUT2D eigenvalue weighted by molar-refractivity contribution is 0.194. The summed E-state index contributed by atoms with van der Waals surface area (Å²) in [5.41, 5.74) is 4.06. The van der Waals surface area contributed by atoms with Crippen LogP contribution in [0.4, 0.5) is 0 Å². The first-order valence-electron chi connectivity index (χ1n) is 8.20. The smallest absolute Gasteiger partial charge is 0.0710 e. The first-order chi connectivity index (χ1) is 10.8. The van der Waals surface area contributed by atoms with Crippen molar-refractivity contribution in [3.63, 3.8) is 0 Å². The van der Waals surface area contributed by atoms with Crippen molar-refractivity contribution < 1.29 is 0 Å². The number of piperidine rings is 1. The average Bonchev–Trinajstić information content (AvgIpc) is 3.17. The van der Waals surface area contributed by atoms with E-state index < -0.39 is 0 Å². The molecule has 5 heteroatoms. The van der Waals surface area contributed by atoms with Crippen LogP contribution in [-0.2, 0) is 6.54 Å². The van der Waals surface area contributed by atoms with Crippen molar-refractivity contribution in [3.8, 4) is 11.3 Å². The summed E-state index contributed by atoms with van der Waals surface area (Å²) in [6.07, 6.45) is 9.66. The summed E-state index contributed by atoms with van der Waals surface area (Å²) < 4.78 is 0. The maximum Gasteiger partial charge on any atom is 0.0710 e. The van der Waals surface area contributed by atoms with Gasteiger partial charge in [0.15, 0.2) is 0 Å². The number of aromatic nitrogens is 3. The Hall–Kier alpha value is -1.72. The number of hydrogen-bond donors (Lipinski definition) is 2. The number of hydrogen-bond acceptors (Lipinski definition) is 4. The molecule has 0 amide bonds. The van der Waals surface area contributed by atoms with Gasteiger partial charge in [0.2, 0.25) is 0 Å². The normalized spacial score (nSPS) is 21.5. The fraction of sp³-hybridized carbons (Fsp3) is 0.529. The Balaban J connectivity index is 1.48. The highest BCUT2D eigenvalue weighted by Crippen LogP contribution is 2.39. The van der Waals surface area contributed by atoms with Crippen LogP contribution in [-0.4, -0.2) is 46.3 Å². The zero-order chi connectivity index (χ0) is 14.8. The molecule has 22 heavy (non-hydrogen) atoms. The van der Waals surface area contributed by atoms with Crippen LogP contribution in [0.3, 0.4) is 0 Å². The second-order valence-corrected chi connectivity index (χ2v) is 6.72. The molecule has 2 aromatic rings. The van der Waals surface area contributed by atoms with Gasteiger partial charge < -0.3 is 5.32 Å². The lowest BCUT2D eigenvalue weighted by Crippen LogP contribution is -2.38. The Bertz CT molecular complexity index is 615. The Morgan fingerprint density at radius 1 is 1.18 bits per heavy atom. The minimum Gasteiger partial charge on any atom is -0.317 e. The van der Waals surface area contributed by atoms with E-state index in [-0.39, 0.29) is 0 Å². The predicted octanol–water partition coefficient (Wildman–Crippen LogP) is 2.05. The van der Waals surface area contributed by atoms with Crippen LogP contribution in [0, 0.1) is 5.41 Å². The Morgan fingerprint density at radius 2 is 2.09 bits per heavy atom. The third-order valence-electron chi connectivity index (χ3n) is 5.24. The van der Waals surface area contributed by atoms with Gasteiger partial charge in [-0.3, -0.25) is 15.0 Å². The Labute approximate surface area is 131 Å². The molecule has 4 rings (SSSR count). The molecule has 0 bridgehead atoms. The molecule has 0 aromatic carbocycles. The van der Waals surface area contributed by atoms with Crippen molar-refractivity contribution in [3.05, 3.63) is 36.3 Å². The van der Waals surface area contributed by atoms with Gasteiger partial charge in [0.1, 0.15) is 0 Å². The van der Waals surface area contributed by atoms with Crippen LogP contribution in [0.1, 0.15) is 24.8 Å². The van der Waals surface area contributed by atoms with E-state index in [0.29, 0.717) is 5.41 Å². The first-order valence-corrected chi connectivity index (χ1v) is 8.20. The van der Waals surface area contributed by atoms with Gasteiger partial charge in [-0.1, -0.05) is 0 Å². The van der Waals surface area contributed by atoms with E-state index in [0.717, 1.165) is 17.8 Å². The lowest BCUT2D eigenvalue weighted by atomic mass is 9.78. The van der Waals surface area contributed by atoms with Gasteiger partial charge >= 0.3 is 0 Å². The zero-order valence-electron chi connectivity index (χ0n) is 12.9. The summed E-state index contributed by atoms with van der Waals surface area (Å²) in [7, 11) is 0. The molecule has 1 spiro atoms. The second kappa shape index (κ2) is 5.82. The highest BCUT2D eigenvalue weighted by molar-refractivity contribution is 5.61. The van der Waals surface area contributed by atoms with Gasteiger partial charge in [-0.05, 0) is 56.4 Å². The summed E-state index contributed by atoms with van der Waals surface area (Å²) in [5, 5.41) is 10.9. The molecule has 2 aliphatic rings. The highest BCUT2D eigenvalue weighted by atomic mass is 15.2. The van der Waals surface area contributed by atoms with Crippen molar-refractivity contribution in [1.29, 1.82) is 0 Å². The van der Waals surface area contributed by atoms with E-state index >= 15 is 0 Å². The largest absolute Gasteiger partial charge is 0.317 e. The van der Waals surface area contributed by atoms with E-state index in [1.54, 1.807) is 6.20 Å². The number of rotatable bonds is 3. The van der Waals surface area contributed by atoms with Gasteiger partial charge in [-0.25, -0.2) is 0 Å². The van der Waals surface area contributed by atoms with E-state index in [1.807, 2.05) is 18.5 Å². The summed E-state index contributed by atoms with van der Waals surface area (Å²) in [5.74, 6) is 0. The molecule has 4 heterocycles. The van der Waals surface area contributed by atoms with Crippen LogP contribution in [0.15, 0.2) is 30.7 Å². The summed E-state index contributed by atoms with van der Waals surface area (Å²) in [6.45, 7) is 5.78. The maximum atomic E-state index is 4.26. The molecule has 2 saturated heterocycles. The number of H-pyrrole nitrogens is 1. The van der Waals surface area contributed by atoms with Gasteiger partial charge in [0, 0.05) is 36.6 Å². The fourth-order valence-electron chi connectivity index (χ4n) is 3.96. The maximum absolute atomic E-state index is 4.26. The van der Waals surface area contributed by atoms with Crippen molar-refractivity contribution in [2.45, 2.75) is 25.8 Å². The second-order valence-electron chi connectivity index (χ2n) is 6.72. The molecule has 2 fully saturated rings. The number of nitrogens with one attached hydrogen (secondary N) is 2. The molecular formula is C17H23N5. The molecule has 2 aliphatic heterocycles. The summed E-state index contributed by atoms with van der Waals surface area (Å²) in [4.78, 5) is 6.81. The molecule has 2 N–H and O–H groups in total. The number of nitrogens with zero attached hydrogens (tertiary/aromatic N) is 3. The van der Waals surface area contributed by atoms with E-state index in [9.17, 15) is 0 Å². The minimum atomic E-state index is 0.559. The van der Waals surface area contributed by atoms with Gasteiger partial charge in [-0.15, -0.1) is 0 Å². The SMILES string of the molecule is c1cncc(-c2[nH]ncc2CN2CCC3(CCNCC3)C2)c1. The summed E-state index contributed by atoms with van der Waals surface area (Å²) >= 11 is 0. The molecule has 0 unspecified atom stereocenters. The molecular weight excluding hydrogens is 274 g/mol. The van der Waals surface area contributed by atoms with Crippen molar-refractivity contribution in [2.24, 2.45) is 5.41 Å². The van der Waals surface area contributed by atoms with E-state index in [1.165, 1.54) is 51.0 Å².